The minimum absolute atomic E-state index is 0.145. The Morgan fingerprint density at radius 3 is 2.63 bits per heavy atom. The molecule has 0 unspecified atom stereocenters. The fraction of sp³-hybridized carbons (Fsp3) is 0.300. The van der Waals surface area contributed by atoms with Crippen LogP contribution >= 0.6 is 11.6 Å². The summed E-state index contributed by atoms with van der Waals surface area (Å²) in [4.78, 5) is 17.7. The van der Waals surface area contributed by atoms with Crippen LogP contribution in [0, 0.1) is 0 Å². The Kier molecular flexibility index (Phi) is 7.49. The second-order valence-electron chi connectivity index (χ2n) is 6.06. The van der Waals surface area contributed by atoms with Crippen molar-refractivity contribution in [1.82, 2.24) is 10.2 Å². The van der Waals surface area contributed by atoms with Crippen molar-refractivity contribution in [2.45, 2.75) is 20.0 Å². The number of aliphatic imine (C=N–C) groups is 1. The number of anilines is 1. The fourth-order valence-electron chi connectivity index (χ4n) is 2.68. The van der Waals surface area contributed by atoms with E-state index in [9.17, 15) is 4.79 Å². The summed E-state index contributed by atoms with van der Waals surface area (Å²) in [5.74, 6) is 1.22. The van der Waals surface area contributed by atoms with Gasteiger partial charge in [-0.1, -0.05) is 35.9 Å². The summed E-state index contributed by atoms with van der Waals surface area (Å²) >= 11 is 6.24. The SMILES string of the molecule is CN=C(NCc1ccc(OC)c(NC(C)=O)c1)N(C)Cc1ccccc1Cl. The summed E-state index contributed by atoms with van der Waals surface area (Å²) < 4.78 is 5.28. The number of halogens is 1. The van der Waals surface area contributed by atoms with Crippen molar-refractivity contribution >= 4 is 29.2 Å². The Hall–Kier alpha value is -2.73. The lowest BCUT2D eigenvalue weighted by Gasteiger charge is -2.23. The molecule has 0 saturated heterocycles. The maximum atomic E-state index is 11.4. The van der Waals surface area contributed by atoms with Crippen molar-refractivity contribution in [3.63, 3.8) is 0 Å². The van der Waals surface area contributed by atoms with Crippen LogP contribution in [0.3, 0.4) is 0 Å². The minimum atomic E-state index is -0.145. The molecular formula is C20H25ClN4O2. The first-order valence-electron chi connectivity index (χ1n) is 8.54. The smallest absolute Gasteiger partial charge is 0.221 e. The summed E-state index contributed by atoms with van der Waals surface area (Å²) in [6, 6.07) is 13.4. The monoisotopic (exact) mass is 388 g/mol. The molecule has 27 heavy (non-hydrogen) atoms. The molecule has 1 amide bonds. The third kappa shape index (κ3) is 5.89. The molecule has 0 aliphatic carbocycles. The van der Waals surface area contributed by atoms with Crippen molar-refractivity contribution in [2.75, 3.05) is 26.5 Å². The average Bonchev–Trinajstić information content (AvgIpc) is 2.64. The molecule has 6 nitrogen and oxygen atoms in total. The number of rotatable bonds is 6. The number of ether oxygens (including phenoxy) is 1. The summed E-state index contributed by atoms with van der Waals surface area (Å²) in [6.45, 7) is 2.66. The lowest BCUT2D eigenvalue weighted by atomic mass is 10.2. The molecule has 2 aromatic carbocycles. The number of carbonyl (C=O) groups is 1. The number of nitrogens with zero attached hydrogens (tertiary/aromatic N) is 2. The molecule has 144 valence electrons. The van der Waals surface area contributed by atoms with Crippen molar-refractivity contribution in [1.29, 1.82) is 0 Å². The number of benzene rings is 2. The highest BCUT2D eigenvalue weighted by Gasteiger charge is 2.10. The van der Waals surface area contributed by atoms with Crippen LogP contribution in [-0.2, 0) is 17.9 Å². The van der Waals surface area contributed by atoms with Gasteiger partial charge in [0.15, 0.2) is 5.96 Å². The molecule has 0 heterocycles. The van der Waals surface area contributed by atoms with E-state index >= 15 is 0 Å². The van der Waals surface area contributed by atoms with Crippen LogP contribution in [0.1, 0.15) is 18.1 Å². The number of nitrogens with one attached hydrogen (secondary N) is 2. The maximum Gasteiger partial charge on any atom is 0.221 e. The van der Waals surface area contributed by atoms with Crippen LogP contribution in [0.4, 0.5) is 5.69 Å². The predicted octanol–water partition coefficient (Wildman–Crippen LogP) is 3.51. The minimum Gasteiger partial charge on any atom is -0.495 e. The molecule has 0 saturated carbocycles. The van der Waals surface area contributed by atoms with E-state index in [2.05, 4.69) is 15.6 Å². The second kappa shape index (κ2) is 9.83. The quantitative estimate of drug-likeness (QED) is 0.587. The highest BCUT2D eigenvalue weighted by atomic mass is 35.5. The van der Waals surface area contributed by atoms with E-state index in [4.69, 9.17) is 16.3 Å². The largest absolute Gasteiger partial charge is 0.495 e. The summed E-state index contributed by atoms with van der Waals surface area (Å²) in [6.07, 6.45) is 0. The molecule has 0 aromatic heterocycles. The highest BCUT2D eigenvalue weighted by Crippen LogP contribution is 2.25. The van der Waals surface area contributed by atoms with Crippen LogP contribution < -0.4 is 15.4 Å². The summed E-state index contributed by atoms with van der Waals surface area (Å²) in [5, 5.41) is 6.83. The van der Waals surface area contributed by atoms with Crippen molar-refractivity contribution in [3.8, 4) is 5.75 Å². The Balaban J connectivity index is 2.05. The topological polar surface area (TPSA) is 66.0 Å². The van der Waals surface area contributed by atoms with Gasteiger partial charge in [-0.15, -0.1) is 0 Å². The first-order valence-corrected chi connectivity index (χ1v) is 8.92. The first-order chi connectivity index (χ1) is 12.9. The normalized spacial score (nSPS) is 11.1. The summed E-state index contributed by atoms with van der Waals surface area (Å²) in [5.41, 5.74) is 2.66. The number of guanidine groups is 1. The van der Waals surface area contributed by atoms with Gasteiger partial charge in [-0.25, -0.2) is 0 Å². The highest BCUT2D eigenvalue weighted by molar-refractivity contribution is 6.31. The van der Waals surface area contributed by atoms with E-state index in [1.54, 1.807) is 14.2 Å². The zero-order valence-corrected chi connectivity index (χ0v) is 16.8. The van der Waals surface area contributed by atoms with Crippen LogP contribution in [0.25, 0.3) is 0 Å². The van der Waals surface area contributed by atoms with E-state index in [0.717, 1.165) is 22.1 Å². The molecule has 2 rings (SSSR count). The fourth-order valence-corrected chi connectivity index (χ4v) is 2.87. The number of amides is 1. The Morgan fingerprint density at radius 2 is 2.00 bits per heavy atom. The number of methoxy groups -OCH3 is 1. The third-order valence-corrected chi connectivity index (χ3v) is 4.33. The molecule has 7 heteroatoms. The Bertz CT molecular complexity index is 823. The van der Waals surface area contributed by atoms with E-state index in [-0.39, 0.29) is 5.91 Å². The molecule has 0 fully saturated rings. The van der Waals surface area contributed by atoms with Gasteiger partial charge >= 0.3 is 0 Å². The van der Waals surface area contributed by atoms with E-state index < -0.39 is 0 Å². The van der Waals surface area contributed by atoms with Crippen LogP contribution in [0.15, 0.2) is 47.5 Å². The number of carbonyl (C=O) groups excluding carboxylic acids is 1. The molecule has 0 bridgehead atoms. The van der Waals surface area contributed by atoms with Gasteiger partial charge in [-0.3, -0.25) is 9.79 Å². The van der Waals surface area contributed by atoms with Gasteiger partial charge in [0.1, 0.15) is 5.75 Å². The van der Waals surface area contributed by atoms with Crippen molar-refractivity contribution < 1.29 is 9.53 Å². The van der Waals surface area contributed by atoms with Gasteiger partial charge in [0.2, 0.25) is 5.91 Å². The van der Waals surface area contributed by atoms with E-state index in [1.807, 2.05) is 54.4 Å². The van der Waals surface area contributed by atoms with Gasteiger partial charge in [0.05, 0.1) is 12.8 Å². The standard InChI is InChI=1S/C20H25ClN4O2/c1-14(26)24-18-11-15(9-10-19(18)27-4)12-23-20(22-2)25(3)13-16-7-5-6-8-17(16)21/h5-11H,12-13H2,1-4H3,(H,22,23)(H,24,26). The molecule has 0 atom stereocenters. The van der Waals surface area contributed by atoms with Gasteiger partial charge in [0.25, 0.3) is 0 Å². The van der Waals surface area contributed by atoms with E-state index in [0.29, 0.717) is 24.5 Å². The molecule has 0 aliphatic rings. The lowest BCUT2D eigenvalue weighted by Crippen LogP contribution is -2.38. The van der Waals surface area contributed by atoms with Crippen LogP contribution in [0.5, 0.6) is 5.75 Å². The first kappa shape index (κ1) is 20.6. The van der Waals surface area contributed by atoms with Gasteiger partial charge < -0.3 is 20.3 Å². The maximum absolute atomic E-state index is 11.4. The lowest BCUT2D eigenvalue weighted by molar-refractivity contribution is -0.114. The van der Waals surface area contributed by atoms with Crippen molar-refractivity contribution in [3.05, 3.63) is 58.6 Å². The van der Waals surface area contributed by atoms with Gasteiger partial charge in [0, 0.05) is 39.1 Å². The van der Waals surface area contributed by atoms with Crippen molar-refractivity contribution in [2.24, 2.45) is 4.99 Å². The Morgan fingerprint density at radius 1 is 1.26 bits per heavy atom. The number of hydrogen-bond donors (Lipinski definition) is 2. The van der Waals surface area contributed by atoms with Crippen LogP contribution in [-0.4, -0.2) is 38.0 Å². The van der Waals surface area contributed by atoms with E-state index in [1.165, 1.54) is 6.92 Å². The molecule has 0 radical (unpaired) electrons. The van der Waals surface area contributed by atoms with Gasteiger partial charge in [-0.2, -0.15) is 0 Å². The second-order valence-corrected chi connectivity index (χ2v) is 6.47. The average molecular weight is 389 g/mol. The number of hydrogen-bond acceptors (Lipinski definition) is 3. The zero-order chi connectivity index (χ0) is 19.8. The Labute approximate surface area is 165 Å². The zero-order valence-electron chi connectivity index (χ0n) is 16.0. The van der Waals surface area contributed by atoms with Crippen LogP contribution in [0.2, 0.25) is 5.02 Å². The molecule has 2 aromatic rings. The molecular weight excluding hydrogens is 364 g/mol. The summed E-state index contributed by atoms with van der Waals surface area (Å²) in [7, 11) is 5.27. The van der Waals surface area contributed by atoms with Gasteiger partial charge in [-0.05, 0) is 29.3 Å². The predicted molar refractivity (Wildman–Crippen MR) is 110 cm³/mol. The third-order valence-electron chi connectivity index (χ3n) is 3.96. The molecule has 0 spiro atoms. The molecule has 2 N–H and O–H groups in total. The molecule has 0 aliphatic heterocycles.